The number of primary amides is 1. The molecule has 12 N–H and O–H groups in total. The zero-order valence-electron chi connectivity index (χ0n) is 50.4. The SMILES string of the molecule is CC(C)[C@@H](CC(=O)[C@H](CCC(=O)O)NC(=O)c1ccc2c(c1)C(=O)OC21c2ccccc2Oc2cc(N)ccc21)C(=O)N[C@@H](CC(N)=O)C(=O)N[C@@H](Cc1ccccc1)[C@@H](O)CCC(=O)N[C@@H](C)C(=O)C[C@H](CCC(=O)O)C(=O)C[C@@H](Cc1ccccc1)C(=O)O. The zero-order chi connectivity index (χ0) is 66.3. The first-order valence-electron chi connectivity index (χ1n) is 29.8. The van der Waals surface area contributed by atoms with Gasteiger partial charge in [-0.05, 0) is 86.4 Å². The monoisotopic (exact) mass is 1250 g/mol. The number of fused-ring (bicyclic) bond motifs is 6. The molecule has 0 aromatic heterocycles. The Morgan fingerprint density at radius 2 is 1.16 bits per heavy atom. The predicted molar refractivity (Wildman–Crippen MR) is 327 cm³/mol. The highest BCUT2D eigenvalue weighted by Crippen LogP contribution is 2.56. The molecule has 2 aliphatic rings. The molecule has 1 unspecified atom stereocenters. The van der Waals surface area contributed by atoms with Crippen molar-refractivity contribution >= 4 is 76.5 Å². The van der Waals surface area contributed by atoms with Gasteiger partial charge in [-0.3, -0.25) is 52.7 Å². The fraction of sp³-hybridized carbons (Fsp3) is 0.373. The molecule has 0 bridgehead atoms. The number of hydrogen-bond acceptors (Lipinski definition) is 16. The van der Waals surface area contributed by atoms with Gasteiger partial charge in [0.15, 0.2) is 17.2 Å². The van der Waals surface area contributed by atoms with Crippen LogP contribution in [0, 0.1) is 23.7 Å². The lowest BCUT2D eigenvalue weighted by Gasteiger charge is -2.36. The highest BCUT2D eigenvalue weighted by Gasteiger charge is 2.54. The van der Waals surface area contributed by atoms with Crippen LogP contribution < -0.4 is 37.5 Å². The lowest BCUT2D eigenvalue weighted by Crippen LogP contribution is -2.55. The van der Waals surface area contributed by atoms with Crippen molar-refractivity contribution in [1.29, 1.82) is 0 Å². The number of rotatable bonds is 34. The number of carboxylic acid groups (broad SMARTS) is 3. The van der Waals surface area contributed by atoms with E-state index in [1.807, 2.05) is 0 Å². The topological polar surface area (TPSA) is 404 Å². The fourth-order valence-corrected chi connectivity index (χ4v) is 11.3. The van der Waals surface area contributed by atoms with Gasteiger partial charge in [0.1, 0.15) is 23.3 Å². The Morgan fingerprint density at radius 1 is 0.560 bits per heavy atom. The molecule has 24 heteroatoms. The number of nitrogen functional groups attached to an aromatic ring is 1. The Morgan fingerprint density at radius 3 is 1.80 bits per heavy atom. The van der Waals surface area contributed by atoms with Crippen molar-refractivity contribution in [3.63, 3.8) is 0 Å². The number of anilines is 1. The number of carbonyl (C=O) groups is 12. The van der Waals surface area contributed by atoms with Crippen LogP contribution in [0.4, 0.5) is 5.69 Å². The quantitative estimate of drug-likeness (QED) is 0.0189. The van der Waals surface area contributed by atoms with E-state index in [-0.39, 0.29) is 36.8 Å². The molecule has 7 rings (SSSR count). The van der Waals surface area contributed by atoms with Gasteiger partial charge in [-0.25, -0.2) is 4.79 Å². The average Bonchev–Trinajstić information content (AvgIpc) is 1.63. The third-order valence-corrected chi connectivity index (χ3v) is 16.3. The molecule has 0 fully saturated rings. The van der Waals surface area contributed by atoms with E-state index in [1.54, 1.807) is 117 Å². The number of nitrogens with two attached hydrogens (primary N) is 2. The van der Waals surface area contributed by atoms with Crippen molar-refractivity contribution in [2.45, 2.75) is 134 Å². The number of nitrogens with one attached hydrogen (secondary N) is 4. The molecule has 5 aromatic rings. The van der Waals surface area contributed by atoms with E-state index in [2.05, 4.69) is 21.3 Å². The summed E-state index contributed by atoms with van der Waals surface area (Å²) in [6.07, 6.45) is -6.33. The molecule has 0 radical (unpaired) electrons. The number of carbonyl (C=O) groups excluding carboxylic acids is 9. The fourth-order valence-electron chi connectivity index (χ4n) is 11.3. The minimum Gasteiger partial charge on any atom is -0.481 e. The highest BCUT2D eigenvalue weighted by molar-refractivity contribution is 6.04. The average molecular weight is 1250 g/mol. The minimum absolute atomic E-state index is 0.0150. The molecular formula is C67H74N6O18. The summed E-state index contributed by atoms with van der Waals surface area (Å²) in [5.74, 6) is -14.6. The van der Waals surface area contributed by atoms with Crippen LogP contribution in [0.25, 0.3) is 0 Å². The smallest absolute Gasteiger partial charge is 0.340 e. The zero-order valence-corrected chi connectivity index (χ0v) is 50.4. The van der Waals surface area contributed by atoms with Crippen LogP contribution in [0.1, 0.15) is 134 Å². The van der Waals surface area contributed by atoms with Crippen molar-refractivity contribution < 1.29 is 87.4 Å². The van der Waals surface area contributed by atoms with Gasteiger partial charge < -0.3 is 62.6 Å². The van der Waals surface area contributed by atoms with Crippen molar-refractivity contribution in [3.05, 3.63) is 160 Å². The molecule has 480 valence electrons. The van der Waals surface area contributed by atoms with E-state index >= 15 is 0 Å². The largest absolute Gasteiger partial charge is 0.481 e. The molecule has 0 saturated carbocycles. The van der Waals surface area contributed by atoms with E-state index in [9.17, 15) is 78.0 Å². The van der Waals surface area contributed by atoms with Crippen LogP contribution in [0.5, 0.6) is 11.5 Å². The summed E-state index contributed by atoms with van der Waals surface area (Å²) >= 11 is 0. The van der Waals surface area contributed by atoms with E-state index in [0.717, 1.165) is 0 Å². The maximum atomic E-state index is 14.3. The first-order valence-corrected chi connectivity index (χ1v) is 29.8. The summed E-state index contributed by atoms with van der Waals surface area (Å²) in [4.78, 5) is 159. The first kappa shape index (κ1) is 68.4. The third-order valence-electron chi connectivity index (χ3n) is 16.3. The van der Waals surface area contributed by atoms with Gasteiger partial charge in [0.05, 0.1) is 42.1 Å². The van der Waals surface area contributed by atoms with Gasteiger partial charge in [0, 0.05) is 84.4 Å². The molecule has 1 spiro atoms. The Bertz CT molecular complexity index is 3580. The number of aliphatic hydroxyl groups is 1. The maximum Gasteiger partial charge on any atom is 0.340 e. The number of benzene rings is 5. The third kappa shape index (κ3) is 17.8. The van der Waals surface area contributed by atoms with Crippen molar-refractivity contribution in [2.24, 2.45) is 29.4 Å². The second-order valence-electron chi connectivity index (χ2n) is 23.3. The first-order chi connectivity index (χ1) is 43.2. The van der Waals surface area contributed by atoms with Gasteiger partial charge in [-0.1, -0.05) is 98.8 Å². The number of aliphatic carboxylic acids is 3. The second kappa shape index (κ2) is 30.9. The second-order valence-corrected chi connectivity index (χ2v) is 23.3. The molecule has 5 amide bonds. The van der Waals surface area contributed by atoms with Gasteiger partial charge in [0.2, 0.25) is 23.6 Å². The van der Waals surface area contributed by atoms with Gasteiger partial charge in [-0.2, -0.15) is 0 Å². The van der Waals surface area contributed by atoms with Gasteiger partial charge in [0.25, 0.3) is 5.91 Å². The molecule has 0 saturated heterocycles. The molecule has 0 aliphatic carbocycles. The van der Waals surface area contributed by atoms with E-state index in [1.165, 1.54) is 25.1 Å². The Labute approximate surface area is 523 Å². The van der Waals surface area contributed by atoms with Crippen molar-refractivity contribution in [2.75, 3.05) is 5.73 Å². The Hall–Kier alpha value is -10.1. The van der Waals surface area contributed by atoms with E-state index < -0.39 is 182 Å². The molecular weight excluding hydrogens is 1180 g/mol. The van der Waals surface area contributed by atoms with Crippen LogP contribution in [0.3, 0.4) is 0 Å². The molecule has 2 aliphatic heterocycles. The number of aliphatic hydroxyl groups excluding tert-OH is 1. The summed E-state index contributed by atoms with van der Waals surface area (Å²) in [6, 6.07) is 27.6. The van der Waals surface area contributed by atoms with Crippen LogP contribution in [-0.4, -0.2) is 121 Å². The van der Waals surface area contributed by atoms with Crippen LogP contribution in [0.15, 0.2) is 121 Å². The van der Waals surface area contributed by atoms with Crippen LogP contribution in [0.2, 0.25) is 0 Å². The number of ether oxygens (including phenoxy) is 2. The Kier molecular flexibility index (Phi) is 23.2. The number of hydrogen-bond donors (Lipinski definition) is 10. The van der Waals surface area contributed by atoms with Crippen molar-refractivity contribution in [1.82, 2.24) is 21.3 Å². The summed E-state index contributed by atoms with van der Waals surface area (Å²) in [5.41, 5.74) is 13.2. The van der Waals surface area contributed by atoms with Gasteiger partial charge in [-0.15, -0.1) is 0 Å². The number of esters is 1. The molecule has 9 atom stereocenters. The number of para-hydroxylation sites is 1. The molecule has 91 heavy (non-hydrogen) atoms. The summed E-state index contributed by atoms with van der Waals surface area (Å²) in [5, 5.41) is 50.9. The number of carboxylic acids is 3. The van der Waals surface area contributed by atoms with E-state index in [4.69, 9.17) is 20.9 Å². The maximum absolute atomic E-state index is 14.3. The van der Waals surface area contributed by atoms with Crippen LogP contribution >= 0.6 is 0 Å². The molecule has 2 heterocycles. The number of amides is 5. The lowest BCUT2D eigenvalue weighted by molar-refractivity contribution is -0.145. The number of Topliss-reactive ketones (excluding diaryl/α,β-unsaturated/α-hetero) is 3. The highest BCUT2D eigenvalue weighted by atomic mass is 16.6. The lowest BCUT2D eigenvalue weighted by atomic mass is 9.77. The van der Waals surface area contributed by atoms with E-state index in [0.29, 0.717) is 45.0 Å². The summed E-state index contributed by atoms with van der Waals surface area (Å²) in [7, 11) is 0. The molecule has 24 nitrogen and oxygen atoms in total. The normalized spacial score (nSPS) is 16.3. The predicted octanol–water partition coefficient (Wildman–Crippen LogP) is 5.11. The minimum atomic E-state index is -1.69. The van der Waals surface area contributed by atoms with Crippen LogP contribution in [-0.2, 0) is 71.1 Å². The standard InChI is InChI=1S/C67H74N6O18/c1-36(2)44(34-55(77)49(23-27-61(82)83)71-62(84)41-18-21-46-45(30-41)66(89)91-67(46)47-16-10-11-17-56(47)90-57-33-43(68)20-22-48(57)67)63(85)73-51(35-58(69)78)64(86)72-50(29-39-14-8-5-9-15-39)52(74)24-25-59(79)70-37(3)53(75)31-40(19-26-60(80)81)54(76)32-42(65(87)88)28-38-12-6-4-7-13-38/h4-18,20-22,30,33,36-37,40,42,44,49-52,74H,19,23-29,31-32,34-35,68H2,1-3H3,(H2,69,78)(H,70,79)(H,71,84)(H,72,86)(H,73,85)(H,80,81)(H,82,83)(H,87,88)/t37-,40-,42+,44+,49-,50-,51-,52-,67?/m0/s1. The van der Waals surface area contributed by atoms with Gasteiger partial charge >= 0.3 is 23.9 Å². The Balaban J connectivity index is 1.00. The summed E-state index contributed by atoms with van der Waals surface area (Å²) < 4.78 is 12.3. The number of ketones is 3. The van der Waals surface area contributed by atoms with Crippen molar-refractivity contribution in [3.8, 4) is 11.5 Å². The molecule has 5 aromatic carbocycles. The summed E-state index contributed by atoms with van der Waals surface area (Å²) in [6.45, 7) is 4.54.